The molecule has 5 nitrogen and oxygen atoms in total. The summed E-state index contributed by atoms with van der Waals surface area (Å²) in [4.78, 5) is 21.8. The Bertz CT molecular complexity index is 787. The van der Waals surface area contributed by atoms with Crippen LogP contribution < -0.4 is 5.32 Å². The van der Waals surface area contributed by atoms with E-state index in [4.69, 9.17) is 0 Å². The number of carbonyl (C=O) groups is 1. The molecule has 8 heteroatoms. The Balaban J connectivity index is 2.04. The van der Waals surface area contributed by atoms with Crippen molar-refractivity contribution in [1.82, 2.24) is 0 Å². The van der Waals surface area contributed by atoms with E-state index in [-0.39, 0.29) is 22.7 Å². The number of nitrogens with one attached hydrogen (secondary N) is 1. The lowest BCUT2D eigenvalue weighted by Crippen LogP contribution is -2.08. The maximum atomic E-state index is 12.5. The summed E-state index contributed by atoms with van der Waals surface area (Å²) in [6.45, 7) is 1.61. The summed E-state index contributed by atoms with van der Waals surface area (Å²) in [6, 6.07) is 8.87. The molecule has 0 unspecified atom stereocenters. The van der Waals surface area contributed by atoms with Gasteiger partial charge in [-0.15, -0.1) is 0 Å². The zero-order chi connectivity index (χ0) is 18.6. The summed E-state index contributed by atoms with van der Waals surface area (Å²) < 4.78 is 37.5. The molecule has 2 aromatic rings. The Labute approximate surface area is 141 Å². The molecule has 132 valence electrons. The molecule has 25 heavy (non-hydrogen) atoms. The maximum Gasteiger partial charge on any atom is 0.416 e. The van der Waals surface area contributed by atoms with Gasteiger partial charge >= 0.3 is 6.18 Å². The first-order chi connectivity index (χ1) is 11.7. The van der Waals surface area contributed by atoms with Crippen LogP contribution in [-0.2, 0) is 12.6 Å². The number of ketones is 1. The zero-order valence-corrected chi connectivity index (χ0v) is 13.3. The third-order valence-electron chi connectivity index (χ3n) is 3.61. The van der Waals surface area contributed by atoms with Crippen LogP contribution in [0.25, 0.3) is 0 Å². The van der Waals surface area contributed by atoms with Crippen LogP contribution in [0.3, 0.4) is 0 Å². The van der Waals surface area contributed by atoms with Crippen LogP contribution in [0, 0.1) is 10.1 Å². The first kappa shape index (κ1) is 18.4. The van der Waals surface area contributed by atoms with E-state index >= 15 is 0 Å². The minimum absolute atomic E-state index is 0.222. The van der Waals surface area contributed by atoms with Gasteiger partial charge in [0.15, 0.2) is 5.78 Å². The number of benzene rings is 2. The highest BCUT2D eigenvalue weighted by Gasteiger charge is 2.29. The second kappa shape index (κ2) is 7.33. The van der Waals surface area contributed by atoms with Crippen LogP contribution in [0.5, 0.6) is 0 Å². The van der Waals surface area contributed by atoms with Crippen LogP contribution in [0.15, 0.2) is 42.5 Å². The van der Waals surface area contributed by atoms with Gasteiger partial charge in [-0.1, -0.05) is 12.1 Å². The number of carbonyl (C=O) groups excluding carboxylic acids is 1. The van der Waals surface area contributed by atoms with Gasteiger partial charge in [0.2, 0.25) is 0 Å². The quantitative estimate of drug-likeness (QED) is 0.473. The zero-order valence-electron chi connectivity index (χ0n) is 13.3. The average molecular weight is 352 g/mol. The highest BCUT2D eigenvalue weighted by Crippen LogP contribution is 2.29. The molecule has 0 heterocycles. The van der Waals surface area contributed by atoms with Gasteiger partial charge in [0.05, 0.1) is 10.5 Å². The molecule has 0 aromatic heterocycles. The topological polar surface area (TPSA) is 72.2 Å². The first-order valence-corrected chi connectivity index (χ1v) is 7.38. The molecule has 0 bridgehead atoms. The van der Waals surface area contributed by atoms with Crippen LogP contribution in [-0.4, -0.2) is 17.3 Å². The second-order valence-corrected chi connectivity index (χ2v) is 5.42. The molecule has 0 aliphatic carbocycles. The van der Waals surface area contributed by atoms with Crippen molar-refractivity contribution in [2.75, 3.05) is 11.9 Å². The standard InChI is InChI=1S/C17H15F3N2O3/c1-11(23)13-4-7-15(16(10-13)22(24)25)21-9-8-12-2-5-14(6-3-12)17(18,19)20/h2-7,10,21H,8-9H2,1H3. The largest absolute Gasteiger partial charge is 0.416 e. The molecule has 0 spiro atoms. The SMILES string of the molecule is CC(=O)c1ccc(NCCc2ccc(C(F)(F)F)cc2)c([N+](=O)[O-])c1. The Morgan fingerprint density at radius 2 is 1.80 bits per heavy atom. The van der Waals surface area contributed by atoms with Gasteiger partial charge in [-0.25, -0.2) is 0 Å². The number of nitrogens with zero attached hydrogens (tertiary/aromatic N) is 1. The number of hydrogen-bond acceptors (Lipinski definition) is 4. The van der Waals surface area contributed by atoms with E-state index in [9.17, 15) is 28.1 Å². The normalized spacial score (nSPS) is 11.2. The van der Waals surface area contributed by atoms with E-state index < -0.39 is 16.7 Å². The van der Waals surface area contributed by atoms with Crippen molar-refractivity contribution in [1.29, 1.82) is 0 Å². The fraction of sp³-hybridized carbons (Fsp3) is 0.235. The molecule has 2 aromatic carbocycles. The summed E-state index contributed by atoms with van der Waals surface area (Å²) >= 11 is 0. The monoisotopic (exact) mass is 352 g/mol. The highest BCUT2D eigenvalue weighted by atomic mass is 19.4. The van der Waals surface area contributed by atoms with E-state index in [0.29, 0.717) is 18.5 Å². The third kappa shape index (κ3) is 4.79. The van der Waals surface area contributed by atoms with E-state index in [2.05, 4.69) is 5.32 Å². The lowest BCUT2D eigenvalue weighted by Gasteiger charge is -2.10. The van der Waals surface area contributed by atoms with Gasteiger partial charge < -0.3 is 5.32 Å². The van der Waals surface area contributed by atoms with Gasteiger partial charge in [0.25, 0.3) is 5.69 Å². The number of rotatable bonds is 6. The smallest absolute Gasteiger partial charge is 0.379 e. The lowest BCUT2D eigenvalue weighted by atomic mass is 10.1. The second-order valence-electron chi connectivity index (χ2n) is 5.42. The molecule has 2 rings (SSSR count). The number of alkyl halides is 3. The molecule has 0 aliphatic rings. The number of halogens is 3. The summed E-state index contributed by atoms with van der Waals surface area (Å²) in [5.41, 5.74) is 0.213. The average Bonchev–Trinajstić information content (AvgIpc) is 2.54. The molecular weight excluding hydrogens is 337 g/mol. The Morgan fingerprint density at radius 3 is 2.32 bits per heavy atom. The van der Waals surface area contributed by atoms with Crippen molar-refractivity contribution in [3.63, 3.8) is 0 Å². The Kier molecular flexibility index (Phi) is 5.41. The number of Topliss-reactive ketones (excluding diaryl/α,β-unsaturated/α-hetero) is 1. The van der Waals surface area contributed by atoms with E-state index in [1.165, 1.54) is 37.3 Å². The predicted molar refractivity (Wildman–Crippen MR) is 86.7 cm³/mol. The number of anilines is 1. The minimum Gasteiger partial charge on any atom is -0.379 e. The molecule has 0 fully saturated rings. The molecule has 0 amide bonds. The van der Waals surface area contributed by atoms with Crippen LogP contribution in [0.4, 0.5) is 24.5 Å². The molecule has 1 N–H and O–H groups in total. The number of hydrogen-bond donors (Lipinski definition) is 1. The molecule has 0 saturated heterocycles. The van der Waals surface area contributed by atoms with Gasteiger partial charge in [-0.05, 0) is 43.2 Å². The van der Waals surface area contributed by atoms with E-state index in [1.807, 2.05) is 0 Å². The van der Waals surface area contributed by atoms with Crippen molar-refractivity contribution >= 4 is 17.2 Å². The van der Waals surface area contributed by atoms with Crippen LogP contribution in [0.2, 0.25) is 0 Å². The van der Waals surface area contributed by atoms with Gasteiger partial charge in [0, 0.05) is 18.2 Å². The van der Waals surface area contributed by atoms with Gasteiger partial charge in [0.1, 0.15) is 5.69 Å². The molecule has 0 aliphatic heterocycles. The summed E-state index contributed by atoms with van der Waals surface area (Å²) in [7, 11) is 0. The van der Waals surface area contributed by atoms with Gasteiger partial charge in [-0.3, -0.25) is 14.9 Å². The molecule has 0 atom stereocenters. The lowest BCUT2D eigenvalue weighted by molar-refractivity contribution is -0.384. The van der Waals surface area contributed by atoms with E-state index in [0.717, 1.165) is 12.1 Å². The molecular formula is C17H15F3N2O3. The predicted octanol–water partition coefficient (Wildman–Crippen LogP) is 4.47. The Hall–Kier alpha value is -2.90. The van der Waals surface area contributed by atoms with Crippen molar-refractivity contribution in [3.8, 4) is 0 Å². The number of nitro benzene ring substituents is 1. The van der Waals surface area contributed by atoms with Crippen LogP contribution >= 0.6 is 0 Å². The van der Waals surface area contributed by atoms with Crippen molar-refractivity contribution < 1.29 is 22.9 Å². The fourth-order valence-corrected chi connectivity index (χ4v) is 2.25. The molecule has 0 radical (unpaired) electrons. The van der Waals surface area contributed by atoms with Crippen molar-refractivity contribution in [3.05, 3.63) is 69.3 Å². The minimum atomic E-state index is -4.38. The highest BCUT2D eigenvalue weighted by molar-refractivity contribution is 5.95. The molecule has 0 saturated carbocycles. The summed E-state index contributed by atoms with van der Waals surface area (Å²) in [6.07, 6.45) is -3.99. The van der Waals surface area contributed by atoms with Crippen molar-refractivity contribution in [2.24, 2.45) is 0 Å². The first-order valence-electron chi connectivity index (χ1n) is 7.38. The summed E-state index contributed by atoms with van der Waals surface area (Å²) in [5.74, 6) is -0.278. The fourth-order valence-electron chi connectivity index (χ4n) is 2.25. The van der Waals surface area contributed by atoms with Crippen LogP contribution in [0.1, 0.15) is 28.4 Å². The summed E-state index contributed by atoms with van der Waals surface area (Å²) in [5, 5.41) is 14.0. The third-order valence-corrected chi connectivity index (χ3v) is 3.61. The number of nitro groups is 1. The van der Waals surface area contributed by atoms with E-state index in [1.54, 1.807) is 0 Å². The maximum absolute atomic E-state index is 12.5. The van der Waals surface area contributed by atoms with Crippen molar-refractivity contribution in [2.45, 2.75) is 19.5 Å². The Morgan fingerprint density at radius 1 is 1.16 bits per heavy atom. The van der Waals surface area contributed by atoms with Gasteiger partial charge in [-0.2, -0.15) is 13.2 Å².